The molecule has 0 amide bonds. The van der Waals surface area contributed by atoms with Crippen molar-refractivity contribution in [2.45, 2.75) is 26.8 Å². The second-order valence-corrected chi connectivity index (χ2v) is 3.66. The van der Waals surface area contributed by atoms with Gasteiger partial charge in [-0.1, -0.05) is 13.8 Å². The zero-order valence-corrected chi connectivity index (χ0v) is 9.83. The van der Waals surface area contributed by atoms with Crippen molar-refractivity contribution in [3.05, 3.63) is 24.2 Å². The van der Waals surface area contributed by atoms with Crippen LogP contribution in [0.4, 0.5) is 0 Å². The highest BCUT2D eigenvalue weighted by Crippen LogP contribution is 2.05. The first-order valence-electron chi connectivity index (χ1n) is 5.82. The van der Waals surface area contributed by atoms with E-state index in [1.54, 1.807) is 6.26 Å². The van der Waals surface area contributed by atoms with Gasteiger partial charge in [-0.05, 0) is 44.7 Å². The molecule has 0 bridgehead atoms. The smallest absolute Gasteiger partial charge is 0.117 e. The first kappa shape index (κ1) is 12.3. The summed E-state index contributed by atoms with van der Waals surface area (Å²) in [7, 11) is 0. The van der Waals surface area contributed by atoms with E-state index in [1.807, 2.05) is 12.1 Å². The number of furan rings is 1. The minimum Gasteiger partial charge on any atom is -0.468 e. The molecule has 1 rings (SSSR count). The molecule has 0 aliphatic carbocycles. The second-order valence-electron chi connectivity index (χ2n) is 3.66. The molecule has 3 heteroatoms. The first-order valence-corrected chi connectivity index (χ1v) is 5.82. The van der Waals surface area contributed by atoms with Crippen molar-refractivity contribution in [2.75, 3.05) is 26.2 Å². The van der Waals surface area contributed by atoms with Crippen LogP contribution in [-0.4, -0.2) is 31.1 Å². The van der Waals surface area contributed by atoms with Crippen LogP contribution in [0.15, 0.2) is 22.8 Å². The summed E-state index contributed by atoms with van der Waals surface area (Å²) >= 11 is 0. The fourth-order valence-electron chi connectivity index (χ4n) is 1.58. The Morgan fingerprint density at radius 1 is 1.40 bits per heavy atom. The predicted octanol–water partition coefficient (Wildman–Crippen LogP) is 2.10. The fourth-order valence-corrected chi connectivity index (χ4v) is 1.58. The number of nitrogens with zero attached hydrogens (tertiary/aromatic N) is 1. The summed E-state index contributed by atoms with van der Waals surface area (Å²) in [6.07, 6.45) is 2.93. The highest BCUT2D eigenvalue weighted by molar-refractivity contribution is 4.97. The van der Waals surface area contributed by atoms with E-state index in [0.29, 0.717) is 0 Å². The third-order valence-corrected chi connectivity index (χ3v) is 2.48. The molecule has 0 fully saturated rings. The molecular weight excluding hydrogens is 188 g/mol. The van der Waals surface area contributed by atoms with Gasteiger partial charge in [0, 0.05) is 0 Å². The van der Waals surface area contributed by atoms with E-state index in [2.05, 4.69) is 24.1 Å². The van der Waals surface area contributed by atoms with Gasteiger partial charge < -0.3 is 9.73 Å². The molecular formula is C12H22N2O. The Morgan fingerprint density at radius 2 is 2.27 bits per heavy atom. The van der Waals surface area contributed by atoms with Crippen LogP contribution in [0.2, 0.25) is 0 Å². The lowest BCUT2D eigenvalue weighted by Crippen LogP contribution is -2.26. The van der Waals surface area contributed by atoms with E-state index in [0.717, 1.165) is 38.5 Å². The fraction of sp³-hybridized carbons (Fsp3) is 0.667. The van der Waals surface area contributed by atoms with Gasteiger partial charge in [0.2, 0.25) is 0 Å². The number of hydrogen-bond acceptors (Lipinski definition) is 3. The zero-order chi connectivity index (χ0) is 10.9. The monoisotopic (exact) mass is 210 g/mol. The summed E-state index contributed by atoms with van der Waals surface area (Å²) in [4.78, 5) is 2.40. The minimum atomic E-state index is 0.926. The van der Waals surface area contributed by atoms with Crippen molar-refractivity contribution >= 4 is 0 Å². The average Bonchev–Trinajstić information content (AvgIpc) is 2.75. The van der Waals surface area contributed by atoms with Gasteiger partial charge in [0.05, 0.1) is 12.8 Å². The topological polar surface area (TPSA) is 28.4 Å². The molecule has 86 valence electrons. The van der Waals surface area contributed by atoms with Crippen LogP contribution in [0.5, 0.6) is 0 Å². The average molecular weight is 210 g/mol. The van der Waals surface area contributed by atoms with Crippen LogP contribution in [0.1, 0.15) is 26.0 Å². The lowest BCUT2D eigenvalue weighted by molar-refractivity contribution is 0.252. The van der Waals surface area contributed by atoms with Gasteiger partial charge in [0.1, 0.15) is 5.76 Å². The maximum absolute atomic E-state index is 5.34. The van der Waals surface area contributed by atoms with E-state index < -0.39 is 0 Å². The summed E-state index contributed by atoms with van der Waals surface area (Å²) in [6.45, 7) is 9.62. The third kappa shape index (κ3) is 5.00. The van der Waals surface area contributed by atoms with Crippen molar-refractivity contribution in [1.82, 2.24) is 10.2 Å². The van der Waals surface area contributed by atoms with Crippen LogP contribution < -0.4 is 5.32 Å². The Bertz CT molecular complexity index is 234. The zero-order valence-electron chi connectivity index (χ0n) is 9.83. The predicted molar refractivity (Wildman–Crippen MR) is 62.8 cm³/mol. The van der Waals surface area contributed by atoms with Gasteiger partial charge in [-0.15, -0.1) is 0 Å². The maximum atomic E-state index is 5.34. The largest absolute Gasteiger partial charge is 0.468 e. The Balaban J connectivity index is 2.18. The van der Waals surface area contributed by atoms with Crippen molar-refractivity contribution in [2.24, 2.45) is 0 Å². The molecule has 1 heterocycles. The van der Waals surface area contributed by atoms with Crippen LogP contribution >= 0.6 is 0 Å². The molecule has 0 radical (unpaired) electrons. The van der Waals surface area contributed by atoms with E-state index in [-0.39, 0.29) is 0 Å². The summed E-state index contributed by atoms with van der Waals surface area (Å²) < 4.78 is 5.34. The van der Waals surface area contributed by atoms with Gasteiger partial charge in [-0.3, -0.25) is 4.90 Å². The Labute approximate surface area is 92.5 Å². The summed E-state index contributed by atoms with van der Waals surface area (Å²) in [5.74, 6) is 1.06. The van der Waals surface area contributed by atoms with Crippen LogP contribution in [0.3, 0.4) is 0 Å². The molecule has 0 aliphatic rings. The molecule has 3 nitrogen and oxygen atoms in total. The van der Waals surface area contributed by atoms with Crippen LogP contribution in [0, 0.1) is 0 Å². The summed E-state index contributed by atoms with van der Waals surface area (Å²) in [5, 5.41) is 3.34. The van der Waals surface area contributed by atoms with Crippen LogP contribution in [0.25, 0.3) is 0 Å². The standard InChI is InChI=1S/C12H22N2O/c1-3-13-8-6-9-14(4-2)11-12-7-5-10-15-12/h5,7,10,13H,3-4,6,8-9,11H2,1-2H3. The van der Waals surface area contributed by atoms with Gasteiger partial charge in [0.15, 0.2) is 0 Å². The van der Waals surface area contributed by atoms with Crippen LogP contribution in [-0.2, 0) is 6.54 Å². The molecule has 1 aromatic heterocycles. The van der Waals surface area contributed by atoms with Crippen molar-refractivity contribution in [1.29, 1.82) is 0 Å². The van der Waals surface area contributed by atoms with Gasteiger partial charge in [0.25, 0.3) is 0 Å². The molecule has 0 spiro atoms. The Kier molecular flexibility index (Phi) is 6.12. The van der Waals surface area contributed by atoms with Gasteiger partial charge in [-0.25, -0.2) is 0 Å². The SMILES string of the molecule is CCNCCCN(CC)Cc1ccco1. The second kappa shape index (κ2) is 7.49. The molecule has 0 aliphatic heterocycles. The number of nitrogens with one attached hydrogen (secondary N) is 1. The van der Waals surface area contributed by atoms with E-state index in [9.17, 15) is 0 Å². The van der Waals surface area contributed by atoms with E-state index >= 15 is 0 Å². The third-order valence-electron chi connectivity index (χ3n) is 2.48. The molecule has 0 atom stereocenters. The van der Waals surface area contributed by atoms with Gasteiger partial charge in [-0.2, -0.15) is 0 Å². The van der Waals surface area contributed by atoms with E-state index in [4.69, 9.17) is 4.42 Å². The molecule has 0 saturated carbocycles. The number of rotatable bonds is 8. The maximum Gasteiger partial charge on any atom is 0.117 e. The highest BCUT2D eigenvalue weighted by Gasteiger charge is 2.04. The highest BCUT2D eigenvalue weighted by atomic mass is 16.3. The minimum absolute atomic E-state index is 0.926. The molecule has 0 saturated heterocycles. The normalized spacial score (nSPS) is 11.1. The van der Waals surface area contributed by atoms with E-state index in [1.165, 1.54) is 6.42 Å². The lowest BCUT2D eigenvalue weighted by Gasteiger charge is -2.18. The molecule has 1 N–H and O–H groups in total. The Hall–Kier alpha value is -0.800. The first-order chi connectivity index (χ1) is 7.36. The van der Waals surface area contributed by atoms with Crippen molar-refractivity contribution in [3.63, 3.8) is 0 Å². The summed E-state index contributed by atoms with van der Waals surface area (Å²) in [6, 6.07) is 3.98. The lowest BCUT2D eigenvalue weighted by atomic mass is 10.3. The van der Waals surface area contributed by atoms with Gasteiger partial charge >= 0.3 is 0 Å². The quantitative estimate of drug-likeness (QED) is 0.666. The Morgan fingerprint density at radius 3 is 2.87 bits per heavy atom. The summed E-state index contributed by atoms with van der Waals surface area (Å²) in [5.41, 5.74) is 0. The van der Waals surface area contributed by atoms with Crippen molar-refractivity contribution in [3.8, 4) is 0 Å². The number of hydrogen-bond donors (Lipinski definition) is 1. The molecule has 15 heavy (non-hydrogen) atoms. The van der Waals surface area contributed by atoms with Crippen molar-refractivity contribution < 1.29 is 4.42 Å². The molecule has 0 aromatic carbocycles. The molecule has 1 aromatic rings. The molecule has 0 unspecified atom stereocenters.